The van der Waals surface area contributed by atoms with Crippen LogP contribution in [0.4, 0.5) is 4.39 Å². The van der Waals surface area contributed by atoms with Gasteiger partial charge in [0.25, 0.3) is 5.85 Å². The van der Waals surface area contributed by atoms with Crippen LogP contribution in [0.15, 0.2) is 54.1 Å². The Morgan fingerprint density at radius 2 is 2.12 bits per heavy atom. The number of nitriles is 1. The lowest BCUT2D eigenvalue weighted by atomic mass is 9.98. The van der Waals surface area contributed by atoms with Crippen LogP contribution in [0.3, 0.4) is 0 Å². The first-order valence-electron chi connectivity index (χ1n) is 5.26. The van der Waals surface area contributed by atoms with Crippen LogP contribution in [0.1, 0.15) is 6.42 Å². The predicted octanol–water partition coefficient (Wildman–Crippen LogP) is 3.35. The van der Waals surface area contributed by atoms with Gasteiger partial charge in [0, 0.05) is 6.42 Å². The van der Waals surface area contributed by atoms with E-state index >= 15 is 0 Å². The van der Waals surface area contributed by atoms with E-state index in [9.17, 15) is 4.39 Å². The van der Waals surface area contributed by atoms with E-state index in [1.54, 1.807) is 36.4 Å². The molecule has 1 aliphatic rings. The molecular weight excluding hydrogens is 217 g/mol. The van der Waals surface area contributed by atoms with Gasteiger partial charge in [-0.25, -0.2) is 0 Å². The third-order valence-corrected chi connectivity index (χ3v) is 2.38. The predicted molar refractivity (Wildman–Crippen MR) is 62.7 cm³/mol. The molecule has 0 saturated carbocycles. The molecule has 3 heteroatoms. The van der Waals surface area contributed by atoms with Crippen molar-refractivity contribution in [2.24, 2.45) is 0 Å². The molecule has 0 spiro atoms. The Labute approximate surface area is 99.6 Å². The first-order valence-corrected chi connectivity index (χ1v) is 5.26. The van der Waals surface area contributed by atoms with Crippen LogP contribution >= 0.6 is 0 Å². The Morgan fingerprint density at radius 1 is 1.35 bits per heavy atom. The van der Waals surface area contributed by atoms with Gasteiger partial charge in [0.1, 0.15) is 5.75 Å². The van der Waals surface area contributed by atoms with Crippen LogP contribution in [0, 0.1) is 17.8 Å². The van der Waals surface area contributed by atoms with Crippen molar-refractivity contribution < 1.29 is 9.13 Å². The summed E-state index contributed by atoms with van der Waals surface area (Å²) in [5.74, 6) is -1.41. The number of alkyl halides is 1. The minimum Gasteiger partial charge on any atom is -0.454 e. The summed E-state index contributed by atoms with van der Waals surface area (Å²) >= 11 is 0. The van der Waals surface area contributed by atoms with E-state index in [1.807, 2.05) is 12.1 Å². The van der Waals surface area contributed by atoms with Gasteiger partial charge >= 0.3 is 0 Å². The fourth-order valence-electron chi connectivity index (χ4n) is 1.65. The summed E-state index contributed by atoms with van der Waals surface area (Å²) in [6, 6.07) is 10.7. The van der Waals surface area contributed by atoms with E-state index < -0.39 is 5.85 Å². The van der Waals surface area contributed by atoms with Crippen molar-refractivity contribution in [3.63, 3.8) is 0 Å². The topological polar surface area (TPSA) is 33.0 Å². The van der Waals surface area contributed by atoms with Gasteiger partial charge in [-0.3, -0.25) is 0 Å². The zero-order valence-electron chi connectivity index (χ0n) is 9.14. The fourth-order valence-corrected chi connectivity index (χ4v) is 1.65. The van der Waals surface area contributed by atoms with E-state index in [2.05, 4.69) is 0 Å². The highest BCUT2D eigenvalue weighted by Crippen LogP contribution is 2.31. The summed E-state index contributed by atoms with van der Waals surface area (Å²) in [6.45, 7) is 0. The van der Waals surface area contributed by atoms with Crippen molar-refractivity contribution in [3.05, 3.63) is 60.6 Å². The molecule has 0 aliphatic heterocycles. The monoisotopic (exact) mass is 228 g/mol. The summed E-state index contributed by atoms with van der Waals surface area (Å²) in [4.78, 5) is 0. The zero-order chi connectivity index (χ0) is 12.1. The normalized spacial score (nSPS) is 22.7. The van der Waals surface area contributed by atoms with Gasteiger partial charge in [-0.1, -0.05) is 30.4 Å². The Balaban J connectivity index is 2.09. The molecule has 0 fully saturated rings. The molecular formula is C14H11FNO. The first kappa shape index (κ1) is 11.4. The Morgan fingerprint density at radius 3 is 2.82 bits per heavy atom. The van der Waals surface area contributed by atoms with Crippen molar-refractivity contribution in [3.8, 4) is 11.8 Å². The maximum absolute atomic E-state index is 14.4. The summed E-state index contributed by atoms with van der Waals surface area (Å²) in [5.41, 5.74) is 0.619. The van der Waals surface area contributed by atoms with Crippen molar-refractivity contribution in [2.75, 3.05) is 0 Å². The molecule has 0 N–H and O–H groups in total. The third-order valence-electron chi connectivity index (χ3n) is 2.38. The van der Waals surface area contributed by atoms with Crippen LogP contribution in [-0.2, 0) is 0 Å². The molecule has 1 aliphatic carbocycles. The second kappa shape index (κ2) is 4.84. The average molecular weight is 228 g/mol. The molecule has 0 heterocycles. The quantitative estimate of drug-likeness (QED) is 0.794. The smallest absolute Gasteiger partial charge is 0.271 e. The minimum atomic E-state index is -1.88. The lowest BCUT2D eigenvalue weighted by Gasteiger charge is -2.26. The number of halogens is 1. The number of hydrogen-bond donors (Lipinski definition) is 0. The number of nitrogens with zero attached hydrogens (tertiary/aromatic N) is 1. The summed E-state index contributed by atoms with van der Waals surface area (Å²) in [7, 11) is 0. The summed E-state index contributed by atoms with van der Waals surface area (Å²) < 4.78 is 19.6. The second-order valence-electron chi connectivity index (χ2n) is 3.75. The third kappa shape index (κ3) is 2.94. The number of allylic oxidation sites excluding steroid dienone is 2. The minimum absolute atomic E-state index is 0.0476. The van der Waals surface area contributed by atoms with Gasteiger partial charge in [-0.15, -0.1) is 0 Å². The maximum atomic E-state index is 14.4. The van der Waals surface area contributed by atoms with Gasteiger partial charge in [-0.2, -0.15) is 9.65 Å². The van der Waals surface area contributed by atoms with Crippen LogP contribution in [0.2, 0.25) is 0 Å². The van der Waals surface area contributed by atoms with Crippen LogP contribution in [0.25, 0.3) is 0 Å². The van der Waals surface area contributed by atoms with Crippen LogP contribution < -0.4 is 4.74 Å². The standard InChI is InChI=1S/C14H11FNO/c15-14(17-13-6-2-1-3-7-13)9-4-5-12(11-14)8-10-16/h1-9H,11H2. The molecule has 1 aromatic carbocycles. The highest BCUT2D eigenvalue weighted by atomic mass is 19.2. The van der Waals surface area contributed by atoms with Crippen LogP contribution in [-0.4, -0.2) is 5.85 Å². The Hall–Kier alpha value is -2.08. The van der Waals surface area contributed by atoms with Crippen molar-refractivity contribution in [1.82, 2.24) is 0 Å². The molecule has 1 atom stereocenters. The lowest BCUT2D eigenvalue weighted by molar-refractivity contribution is -0.0149. The molecule has 2 rings (SSSR count). The average Bonchev–Trinajstić information content (AvgIpc) is 2.30. The number of para-hydroxylation sites is 1. The molecule has 0 bridgehead atoms. The molecule has 17 heavy (non-hydrogen) atoms. The van der Waals surface area contributed by atoms with Gasteiger partial charge in [0.05, 0.1) is 12.5 Å². The van der Waals surface area contributed by atoms with Crippen molar-refractivity contribution >= 4 is 0 Å². The summed E-state index contributed by atoms with van der Waals surface area (Å²) in [5, 5.41) is 8.54. The van der Waals surface area contributed by atoms with Gasteiger partial charge < -0.3 is 4.74 Å². The van der Waals surface area contributed by atoms with E-state index in [-0.39, 0.29) is 6.42 Å². The molecule has 0 aromatic heterocycles. The number of ether oxygens (including phenoxy) is 1. The van der Waals surface area contributed by atoms with Crippen molar-refractivity contribution in [2.45, 2.75) is 12.3 Å². The Kier molecular flexibility index (Phi) is 3.24. The van der Waals surface area contributed by atoms with E-state index in [4.69, 9.17) is 10.00 Å². The van der Waals surface area contributed by atoms with E-state index in [0.717, 1.165) is 0 Å². The fraction of sp³-hybridized carbons (Fsp3) is 0.143. The van der Waals surface area contributed by atoms with Gasteiger partial charge in [-0.05, 0) is 23.8 Å². The molecule has 1 unspecified atom stereocenters. The van der Waals surface area contributed by atoms with Crippen molar-refractivity contribution in [1.29, 1.82) is 5.26 Å². The first-order chi connectivity index (χ1) is 8.22. The molecule has 85 valence electrons. The Bertz CT molecular complexity index is 487. The highest BCUT2D eigenvalue weighted by Gasteiger charge is 2.31. The van der Waals surface area contributed by atoms with Gasteiger partial charge in [0.2, 0.25) is 0 Å². The molecule has 0 amide bonds. The molecule has 1 radical (unpaired) electrons. The summed E-state index contributed by atoms with van der Waals surface area (Å²) in [6.07, 6.45) is 6.00. The number of hydrogen-bond acceptors (Lipinski definition) is 2. The SMILES string of the molecule is N#C[CH]C1=CC=CC(F)(Oc2ccccc2)C1. The lowest BCUT2D eigenvalue weighted by Crippen LogP contribution is -2.30. The molecule has 2 nitrogen and oxygen atoms in total. The van der Waals surface area contributed by atoms with Gasteiger partial charge in [0.15, 0.2) is 0 Å². The highest BCUT2D eigenvalue weighted by molar-refractivity contribution is 5.34. The number of rotatable bonds is 3. The second-order valence-corrected chi connectivity index (χ2v) is 3.75. The molecule has 1 aromatic rings. The number of benzene rings is 1. The van der Waals surface area contributed by atoms with E-state index in [1.165, 1.54) is 12.5 Å². The van der Waals surface area contributed by atoms with E-state index in [0.29, 0.717) is 11.3 Å². The maximum Gasteiger partial charge on any atom is 0.271 e. The van der Waals surface area contributed by atoms with Crippen LogP contribution in [0.5, 0.6) is 5.75 Å². The molecule has 0 saturated heterocycles. The zero-order valence-corrected chi connectivity index (χ0v) is 9.14. The largest absolute Gasteiger partial charge is 0.454 e.